The Bertz CT molecular complexity index is 1170. The number of hydrogen-bond donors (Lipinski definition) is 1. The molecule has 5 rings (SSSR count). The maximum absolute atomic E-state index is 5.56. The van der Waals surface area contributed by atoms with E-state index in [1.807, 2.05) is 24.5 Å². The molecule has 1 saturated heterocycles. The number of anilines is 2. The number of pyridine rings is 1. The molecule has 31 heavy (non-hydrogen) atoms. The number of ether oxygens (including phenoxy) is 1. The molecule has 6 nitrogen and oxygen atoms in total. The molecule has 158 valence electrons. The fraction of sp³-hybridized carbons (Fsp3) is 0.292. The van der Waals surface area contributed by atoms with Crippen molar-refractivity contribution in [2.75, 3.05) is 43.1 Å². The summed E-state index contributed by atoms with van der Waals surface area (Å²) < 4.78 is 6.68. The molecular formula is C24H25N5OS. The molecule has 0 unspecified atom stereocenters. The Morgan fingerprint density at radius 3 is 2.71 bits per heavy atom. The molecule has 1 aliphatic rings. The van der Waals surface area contributed by atoms with E-state index < -0.39 is 0 Å². The Morgan fingerprint density at radius 2 is 1.90 bits per heavy atom. The first kappa shape index (κ1) is 19.9. The molecule has 4 aromatic rings. The normalized spacial score (nSPS) is 14.2. The van der Waals surface area contributed by atoms with Gasteiger partial charge in [-0.15, -0.1) is 11.3 Å². The van der Waals surface area contributed by atoms with Gasteiger partial charge in [0.2, 0.25) is 5.95 Å². The van der Waals surface area contributed by atoms with E-state index in [4.69, 9.17) is 14.7 Å². The maximum Gasteiger partial charge on any atom is 0.225 e. The van der Waals surface area contributed by atoms with Crippen molar-refractivity contribution in [3.8, 4) is 10.4 Å². The van der Waals surface area contributed by atoms with E-state index in [1.165, 1.54) is 16.0 Å². The van der Waals surface area contributed by atoms with Gasteiger partial charge in [-0.25, -0.2) is 4.98 Å². The Hall–Kier alpha value is -3.03. The first-order valence-corrected chi connectivity index (χ1v) is 11.4. The lowest BCUT2D eigenvalue weighted by Crippen LogP contribution is -2.37. The highest BCUT2D eigenvalue weighted by Gasteiger charge is 2.20. The van der Waals surface area contributed by atoms with Gasteiger partial charge in [0.1, 0.15) is 0 Å². The topological polar surface area (TPSA) is 63.2 Å². The minimum absolute atomic E-state index is 0.681. The lowest BCUT2D eigenvalue weighted by molar-refractivity contribution is 0.122. The molecule has 0 amide bonds. The van der Waals surface area contributed by atoms with E-state index in [0.29, 0.717) is 5.95 Å². The third-order valence-electron chi connectivity index (χ3n) is 5.41. The molecule has 0 aliphatic carbocycles. The van der Waals surface area contributed by atoms with Crippen LogP contribution in [0.1, 0.15) is 11.1 Å². The van der Waals surface area contributed by atoms with Crippen LogP contribution in [0.5, 0.6) is 0 Å². The Kier molecular flexibility index (Phi) is 5.78. The zero-order chi connectivity index (χ0) is 21.0. The lowest BCUT2D eigenvalue weighted by atomic mass is 10.1. The minimum atomic E-state index is 0.681. The van der Waals surface area contributed by atoms with Crippen LogP contribution >= 0.6 is 11.3 Å². The van der Waals surface area contributed by atoms with Crippen LogP contribution in [0.4, 0.5) is 11.8 Å². The zero-order valence-corrected chi connectivity index (χ0v) is 18.4. The number of morpholine rings is 1. The van der Waals surface area contributed by atoms with E-state index in [0.717, 1.165) is 60.9 Å². The highest BCUT2D eigenvalue weighted by molar-refractivity contribution is 7.22. The van der Waals surface area contributed by atoms with E-state index in [1.54, 1.807) is 11.3 Å². The molecule has 3 aromatic heterocycles. The molecule has 0 bridgehead atoms. The first-order chi connectivity index (χ1) is 15.3. The summed E-state index contributed by atoms with van der Waals surface area (Å²) in [6.45, 7) is 6.06. The molecule has 0 saturated carbocycles. The number of nitrogens with one attached hydrogen (secondary N) is 1. The van der Waals surface area contributed by atoms with Crippen molar-refractivity contribution in [2.24, 2.45) is 0 Å². The van der Waals surface area contributed by atoms with E-state index in [9.17, 15) is 0 Å². The van der Waals surface area contributed by atoms with E-state index >= 15 is 0 Å². The van der Waals surface area contributed by atoms with Crippen molar-refractivity contribution >= 4 is 33.3 Å². The zero-order valence-electron chi connectivity index (χ0n) is 17.5. The third-order valence-corrected chi connectivity index (χ3v) is 6.58. The second-order valence-corrected chi connectivity index (χ2v) is 8.75. The van der Waals surface area contributed by atoms with Crippen LogP contribution in [0.15, 0.2) is 54.9 Å². The summed E-state index contributed by atoms with van der Waals surface area (Å²) >= 11 is 1.74. The van der Waals surface area contributed by atoms with Gasteiger partial charge in [-0.05, 0) is 42.7 Å². The number of fused-ring (bicyclic) bond motifs is 1. The molecule has 0 spiro atoms. The number of benzene rings is 1. The van der Waals surface area contributed by atoms with Crippen LogP contribution in [-0.2, 0) is 11.2 Å². The molecular weight excluding hydrogens is 406 g/mol. The largest absolute Gasteiger partial charge is 0.378 e. The van der Waals surface area contributed by atoms with Gasteiger partial charge < -0.3 is 15.0 Å². The van der Waals surface area contributed by atoms with Crippen molar-refractivity contribution in [3.63, 3.8) is 0 Å². The third kappa shape index (κ3) is 4.52. The Morgan fingerprint density at radius 1 is 1.06 bits per heavy atom. The molecule has 1 fully saturated rings. The lowest BCUT2D eigenvalue weighted by Gasteiger charge is -2.28. The summed E-state index contributed by atoms with van der Waals surface area (Å²) in [6.07, 6.45) is 4.58. The van der Waals surface area contributed by atoms with Gasteiger partial charge in [0, 0.05) is 36.9 Å². The van der Waals surface area contributed by atoms with Crippen LogP contribution in [0.25, 0.3) is 20.7 Å². The fourth-order valence-corrected chi connectivity index (χ4v) is 4.95. The Labute approximate surface area is 185 Å². The number of aromatic nitrogens is 3. The molecule has 1 aromatic carbocycles. The van der Waals surface area contributed by atoms with Gasteiger partial charge in [0.05, 0.1) is 23.4 Å². The smallest absolute Gasteiger partial charge is 0.225 e. The summed E-state index contributed by atoms with van der Waals surface area (Å²) in [4.78, 5) is 17.4. The molecule has 4 heterocycles. The second kappa shape index (κ2) is 8.99. The van der Waals surface area contributed by atoms with Gasteiger partial charge >= 0.3 is 0 Å². The van der Waals surface area contributed by atoms with E-state index in [2.05, 4.69) is 52.5 Å². The minimum Gasteiger partial charge on any atom is -0.378 e. The number of aryl methyl sites for hydroxylation is 1. The van der Waals surface area contributed by atoms with Crippen molar-refractivity contribution < 1.29 is 4.74 Å². The van der Waals surface area contributed by atoms with Crippen molar-refractivity contribution in [1.29, 1.82) is 0 Å². The summed E-state index contributed by atoms with van der Waals surface area (Å²) in [5, 5.41) is 3.45. The molecule has 0 radical (unpaired) electrons. The average Bonchev–Trinajstić information content (AvgIpc) is 3.24. The Balaban J connectivity index is 1.45. The van der Waals surface area contributed by atoms with Crippen LogP contribution in [-0.4, -0.2) is 47.8 Å². The van der Waals surface area contributed by atoms with Gasteiger partial charge in [0.25, 0.3) is 0 Å². The molecule has 0 atom stereocenters. The molecule has 7 heteroatoms. The highest BCUT2D eigenvalue weighted by atomic mass is 32.1. The predicted molar refractivity (Wildman–Crippen MR) is 127 cm³/mol. The number of nitrogens with zero attached hydrogens (tertiary/aromatic N) is 4. The monoisotopic (exact) mass is 431 g/mol. The van der Waals surface area contributed by atoms with Crippen LogP contribution < -0.4 is 10.2 Å². The van der Waals surface area contributed by atoms with E-state index in [-0.39, 0.29) is 0 Å². The maximum atomic E-state index is 5.56. The van der Waals surface area contributed by atoms with Gasteiger partial charge in [-0.1, -0.05) is 29.8 Å². The van der Waals surface area contributed by atoms with Gasteiger partial charge in [0.15, 0.2) is 5.82 Å². The predicted octanol–water partition coefficient (Wildman–Crippen LogP) is 4.55. The van der Waals surface area contributed by atoms with Crippen molar-refractivity contribution in [1.82, 2.24) is 15.0 Å². The second-order valence-electron chi connectivity index (χ2n) is 7.70. The average molecular weight is 432 g/mol. The summed E-state index contributed by atoms with van der Waals surface area (Å²) in [7, 11) is 0. The summed E-state index contributed by atoms with van der Waals surface area (Å²) in [5.41, 5.74) is 4.73. The summed E-state index contributed by atoms with van der Waals surface area (Å²) in [5.74, 6) is 1.68. The standard InChI is InChI=1S/C24H25N5OS/c1-17-3-2-4-18(15-17)5-10-26-24-27-20-16-21(19-6-8-25-9-7-19)31-22(20)23(28-24)29-11-13-30-14-12-29/h2-4,6-9,15-16H,5,10-14H2,1H3,(H,26,27,28). The van der Waals surface area contributed by atoms with Crippen LogP contribution in [0, 0.1) is 6.92 Å². The van der Waals surface area contributed by atoms with Crippen molar-refractivity contribution in [2.45, 2.75) is 13.3 Å². The molecule has 1 aliphatic heterocycles. The number of hydrogen-bond acceptors (Lipinski definition) is 7. The first-order valence-electron chi connectivity index (χ1n) is 10.6. The van der Waals surface area contributed by atoms with Crippen LogP contribution in [0.3, 0.4) is 0 Å². The highest BCUT2D eigenvalue weighted by Crippen LogP contribution is 2.38. The van der Waals surface area contributed by atoms with Crippen molar-refractivity contribution in [3.05, 3.63) is 66.0 Å². The van der Waals surface area contributed by atoms with Gasteiger partial charge in [-0.3, -0.25) is 4.98 Å². The number of thiophene rings is 1. The quantitative estimate of drug-likeness (QED) is 0.483. The van der Waals surface area contributed by atoms with Gasteiger partial charge in [-0.2, -0.15) is 4.98 Å². The fourth-order valence-electron chi connectivity index (χ4n) is 3.83. The summed E-state index contributed by atoms with van der Waals surface area (Å²) in [6, 6.07) is 14.9. The molecule has 1 N–H and O–H groups in total. The SMILES string of the molecule is Cc1cccc(CCNc2nc(N3CCOCC3)c3sc(-c4ccncc4)cc3n2)c1. The van der Waals surface area contributed by atoms with Crippen LogP contribution in [0.2, 0.25) is 0 Å². The number of rotatable bonds is 6.